The van der Waals surface area contributed by atoms with Crippen molar-refractivity contribution < 1.29 is 9.59 Å². The number of benzene rings is 1. The second kappa shape index (κ2) is 13.9. The molecule has 3 aromatic rings. The van der Waals surface area contributed by atoms with Crippen molar-refractivity contribution in [1.82, 2.24) is 20.4 Å². The Hall–Kier alpha value is -3.24. The van der Waals surface area contributed by atoms with E-state index in [9.17, 15) is 9.59 Å². The Morgan fingerprint density at radius 1 is 0.850 bits per heavy atom. The van der Waals surface area contributed by atoms with Crippen LogP contribution in [0.1, 0.15) is 67.4 Å². The van der Waals surface area contributed by atoms with Crippen molar-refractivity contribution in [2.75, 3.05) is 10.6 Å². The summed E-state index contributed by atoms with van der Waals surface area (Å²) >= 11 is 2.96. The fourth-order valence-corrected chi connectivity index (χ4v) is 6.93. The standard InChI is InChI=1S/C30H36N6O2S2/c1-20-7-5-10-22(15-20)19-26(38)32-29-35-33-27(39-29)12-6-11-23-16-24(17-23)13-14-28-34-36-30(40-28)31-25(37)18-21-8-3-2-4-9-21/h2-5,8-10,15,20,23-24H,6-7,11-14,16-19H2,1H3,(H,31,36,37)(H,32,35,38). The Bertz CT molecular complexity index is 1340. The van der Waals surface area contributed by atoms with Crippen LogP contribution in [0.15, 0.2) is 54.1 Å². The predicted molar refractivity (Wildman–Crippen MR) is 160 cm³/mol. The molecule has 2 N–H and O–H groups in total. The molecule has 2 aliphatic carbocycles. The molecule has 0 radical (unpaired) electrons. The van der Waals surface area contributed by atoms with Crippen LogP contribution >= 0.6 is 22.7 Å². The number of carbonyl (C=O) groups is 2. The van der Waals surface area contributed by atoms with E-state index >= 15 is 0 Å². The van der Waals surface area contributed by atoms with E-state index < -0.39 is 0 Å². The minimum Gasteiger partial charge on any atom is -0.300 e. The Morgan fingerprint density at radius 3 is 2.20 bits per heavy atom. The Labute approximate surface area is 243 Å². The molecule has 0 aliphatic heterocycles. The van der Waals surface area contributed by atoms with E-state index in [1.165, 1.54) is 41.9 Å². The molecule has 0 bridgehead atoms. The van der Waals surface area contributed by atoms with Crippen LogP contribution in [0.5, 0.6) is 0 Å². The third kappa shape index (κ3) is 8.63. The second-order valence-corrected chi connectivity index (χ2v) is 13.1. The molecule has 1 fully saturated rings. The molecule has 210 valence electrons. The highest BCUT2D eigenvalue weighted by Crippen LogP contribution is 2.40. The van der Waals surface area contributed by atoms with Crippen molar-refractivity contribution in [1.29, 1.82) is 0 Å². The van der Waals surface area contributed by atoms with Crippen LogP contribution in [-0.2, 0) is 28.9 Å². The number of amides is 2. The van der Waals surface area contributed by atoms with Gasteiger partial charge in [-0.05, 0) is 61.0 Å². The maximum absolute atomic E-state index is 12.4. The minimum atomic E-state index is -0.0647. The van der Waals surface area contributed by atoms with E-state index in [4.69, 9.17) is 0 Å². The van der Waals surface area contributed by atoms with Crippen LogP contribution in [0.3, 0.4) is 0 Å². The lowest BCUT2D eigenvalue weighted by atomic mass is 9.71. The van der Waals surface area contributed by atoms with Crippen LogP contribution in [0, 0.1) is 17.8 Å². The molecule has 0 spiro atoms. The van der Waals surface area contributed by atoms with Gasteiger partial charge in [-0.2, -0.15) is 0 Å². The molecule has 1 saturated carbocycles. The third-order valence-corrected chi connectivity index (χ3v) is 9.24. The molecule has 2 amide bonds. The molecule has 1 atom stereocenters. The van der Waals surface area contributed by atoms with E-state index in [1.807, 2.05) is 36.4 Å². The molecule has 10 heteroatoms. The normalized spacial score (nSPS) is 20.0. The summed E-state index contributed by atoms with van der Waals surface area (Å²) in [6, 6.07) is 9.70. The number of allylic oxidation sites excluding steroid dienone is 3. The number of nitrogens with one attached hydrogen (secondary N) is 2. The number of hydrogen-bond acceptors (Lipinski definition) is 8. The average Bonchev–Trinajstić information content (AvgIpc) is 3.54. The number of anilines is 2. The first-order valence-corrected chi connectivity index (χ1v) is 15.8. The molecule has 2 aromatic heterocycles. The van der Waals surface area contributed by atoms with Crippen LogP contribution in [-0.4, -0.2) is 32.2 Å². The maximum Gasteiger partial charge on any atom is 0.230 e. The summed E-state index contributed by atoms with van der Waals surface area (Å²) in [6.07, 6.45) is 15.9. The van der Waals surface area contributed by atoms with Gasteiger partial charge in [0.1, 0.15) is 10.0 Å². The largest absolute Gasteiger partial charge is 0.300 e. The second-order valence-electron chi connectivity index (χ2n) is 10.9. The zero-order valence-corrected chi connectivity index (χ0v) is 24.5. The Kier molecular flexibility index (Phi) is 9.83. The minimum absolute atomic E-state index is 0.0363. The summed E-state index contributed by atoms with van der Waals surface area (Å²) in [7, 11) is 0. The fraction of sp³-hybridized carbons (Fsp3) is 0.467. The van der Waals surface area contributed by atoms with Gasteiger partial charge in [0.2, 0.25) is 22.1 Å². The van der Waals surface area contributed by atoms with Crippen LogP contribution in [0.2, 0.25) is 0 Å². The number of aromatic nitrogens is 4. The molecule has 1 unspecified atom stereocenters. The van der Waals surface area contributed by atoms with Crippen molar-refractivity contribution in [2.24, 2.45) is 17.8 Å². The van der Waals surface area contributed by atoms with Gasteiger partial charge < -0.3 is 10.6 Å². The summed E-state index contributed by atoms with van der Waals surface area (Å²) in [5.74, 6) is 1.90. The number of nitrogens with zero attached hydrogens (tertiary/aromatic N) is 4. The fourth-order valence-electron chi connectivity index (χ4n) is 5.36. The molecule has 0 saturated heterocycles. The van der Waals surface area contributed by atoms with Crippen LogP contribution < -0.4 is 10.6 Å². The monoisotopic (exact) mass is 576 g/mol. The van der Waals surface area contributed by atoms with Gasteiger partial charge in [-0.3, -0.25) is 9.59 Å². The van der Waals surface area contributed by atoms with Gasteiger partial charge >= 0.3 is 0 Å². The molecule has 1 aromatic carbocycles. The Morgan fingerprint density at radius 2 is 1.50 bits per heavy atom. The highest BCUT2D eigenvalue weighted by atomic mass is 32.1. The zero-order chi connectivity index (χ0) is 27.7. The lowest BCUT2D eigenvalue weighted by Gasteiger charge is -2.35. The van der Waals surface area contributed by atoms with Crippen LogP contribution in [0.25, 0.3) is 0 Å². The summed E-state index contributed by atoms with van der Waals surface area (Å²) in [4.78, 5) is 24.6. The van der Waals surface area contributed by atoms with Gasteiger partial charge in [-0.1, -0.05) is 84.6 Å². The van der Waals surface area contributed by atoms with Crippen molar-refractivity contribution in [3.63, 3.8) is 0 Å². The molecule has 40 heavy (non-hydrogen) atoms. The smallest absolute Gasteiger partial charge is 0.230 e. The van der Waals surface area contributed by atoms with Gasteiger partial charge in [0, 0.05) is 12.8 Å². The molecule has 8 nitrogen and oxygen atoms in total. The van der Waals surface area contributed by atoms with Crippen molar-refractivity contribution in [3.8, 4) is 0 Å². The molecule has 5 rings (SSSR count). The topological polar surface area (TPSA) is 110 Å². The first-order valence-electron chi connectivity index (χ1n) is 14.1. The lowest BCUT2D eigenvalue weighted by molar-refractivity contribution is -0.116. The van der Waals surface area contributed by atoms with Crippen LogP contribution in [0.4, 0.5) is 10.3 Å². The van der Waals surface area contributed by atoms with E-state index in [0.29, 0.717) is 29.0 Å². The number of carbonyl (C=O) groups excluding carboxylic acids is 2. The highest BCUT2D eigenvalue weighted by molar-refractivity contribution is 7.15. The summed E-state index contributed by atoms with van der Waals surface area (Å²) < 4.78 is 0. The summed E-state index contributed by atoms with van der Waals surface area (Å²) in [5.41, 5.74) is 2.05. The SMILES string of the molecule is CC1C=C(CC(=O)Nc2nnc(CCCC3CC(CCc4nnc(NC(=O)Cc5ccccc5)s4)C3)s2)C=CC1. The summed E-state index contributed by atoms with van der Waals surface area (Å²) in [5, 5.41) is 25.8. The Balaban J connectivity index is 0.933. The molecular weight excluding hydrogens is 541 g/mol. The average molecular weight is 577 g/mol. The van der Waals surface area contributed by atoms with E-state index in [2.05, 4.69) is 50.1 Å². The molecule has 2 heterocycles. The van der Waals surface area contributed by atoms with Gasteiger partial charge in [-0.25, -0.2) is 0 Å². The van der Waals surface area contributed by atoms with E-state index in [1.54, 1.807) is 0 Å². The van der Waals surface area contributed by atoms with Gasteiger partial charge in [0.25, 0.3) is 0 Å². The van der Waals surface area contributed by atoms with Crippen molar-refractivity contribution in [2.45, 2.75) is 71.1 Å². The maximum atomic E-state index is 12.4. The van der Waals surface area contributed by atoms with Gasteiger partial charge in [0.15, 0.2) is 0 Å². The van der Waals surface area contributed by atoms with E-state index in [-0.39, 0.29) is 11.8 Å². The molecular formula is C30H36N6O2S2. The predicted octanol–water partition coefficient (Wildman–Crippen LogP) is 6.40. The zero-order valence-electron chi connectivity index (χ0n) is 22.8. The van der Waals surface area contributed by atoms with E-state index in [0.717, 1.165) is 65.1 Å². The summed E-state index contributed by atoms with van der Waals surface area (Å²) in [6.45, 7) is 2.16. The first-order chi connectivity index (χ1) is 19.5. The first kappa shape index (κ1) is 28.3. The third-order valence-electron chi connectivity index (χ3n) is 7.44. The van der Waals surface area contributed by atoms with Gasteiger partial charge in [-0.15, -0.1) is 20.4 Å². The number of aryl methyl sites for hydroxylation is 2. The van der Waals surface area contributed by atoms with Gasteiger partial charge in [0.05, 0.1) is 12.8 Å². The van der Waals surface area contributed by atoms with Crippen molar-refractivity contribution in [3.05, 3.63) is 69.7 Å². The number of rotatable bonds is 13. The van der Waals surface area contributed by atoms with Crippen molar-refractivity contribution >= 4 is 44.8 Å². The molecule has 2 aliphatic rings. The lowest BCUT2D eigenvalue weighted by Crippen LogP contribution is -2.24. The quantitative estimate of drug-likeness (QED) is 0.244. The number of hydrogen-bond donors (Lipinski definition) is 2. The highest BCUT2D eigenvalue weighted by Gasteiger charge is 2.28.